The Morgan fingerprint density at radius 1 is 1.03 bits per heavy atom. The monoisotopic (exact) mass is 494 g/mol. The molecule has 2 aromatic rings. The first kappa shape index (κ1) is 26.0. The number of rotatable bonds is 9. The molecule has 0 heterocycles. The van der Waals surface area contributed by atoms with E-state index in [1.807, 2.05) is 48.5 Å². The molecule has 188 valence electrons. The molecule has 2 amide bonds. The van der Waals surface area contributed by atoms with Crippen molar-refractivity contribution in [2.45, 2.75) is 43.5 Å². The average Bonchev–Trinajstić information content (AvgIpc) is 3.08. The molecule has 0 fully saturated rings. The van der Waals surface area contributed by atoms with E-state index >= 15 is 0 Å². The van der Waals surface area contributed by atoms with Gasteiger partial charge in [-0.2, -0.15) is 13.2 Å². The minimum Gasteiger partial charge on any atom is -0.481 e. The minimum absolute atomic E-state index is 0.200. The third kappa shape index (κ3) is 6.72. The number of aliphatic hydroxyl groups is 1. The van der Waals surface area contributed by atoms with Gasteiger partial charge in [-0.25, -0.2) is 4.79 Å². The summed E-state index contributed by atoms with van der Waals surface area (Å²) in [5.41, 5.74) is 1.85. The van der Waals surface area contributed by atoms with Gasteiger partial charge in [-0.1, -0.05) is 48.5 Å². The lowest BCUT2D eigenvalue weighted by atomic mass is 9.98. The highest BCUT2D eigenvalue weighted by Gasteiger charge is 2.43. The van der Waals surface area contributed by atoms with Gasteiger partial charge in [-0.05, 0) is 29.2 Å². The zero-order valence-corrected chi connectivity index (χ0v) is 18.8. The number of amides is 2. The molecule has 1 aliphatic rings. The van der Waals surface area contributed by atoms with E-state index in [-0.39, 0.29) is 12.5 Å². The Kier molecular flexibility index (Phi) is 7.69. The van der Waals surface area contributed by atoms with E-state index in [1.54, 1.807) is 5.32 Å². The molecular formula is C24H25F3N2O6. The van der Waals surface area contributed by atoms with Crippen molar-refractivity contribution in [3.8, 4) is 11.1 Å². The molecule has 1 aliphatic carbocycles. The Bertz CT molecular complexity index is 1060. The van der Waals surface area contributed by atoms with Crippen molar-refractivity contribution >= 4 is 18.0 Å². The number of hydrogen-bond acceptors (Lipinski definition) is 5. The van der Waals surface area contributed by atoms with Crippen molar-refractivity contribution in [2.24, 2.45) is 0 Å². The fourth-order valence-corrected chi connectivity index (χ4v) is 3.97. The molecule has 2 aromatic carbocycles. The van der Waals surface area contributed by atoms with Crippen LogP contribution in [0.5, 0.6) is 0 Å². The molecule has 35 heavy (non-hydrogen) atoms. The number of alkyl carbamates (subject to hydrolysis) is 1. The van der Waals surface area contributed by atoms with Gasteiger partial charge < -0.3 is 25.6 Å². The maximum Gasteiger partial charge on any atom is 0.409 e. The molecule has 0 aliphatic heterocycles. The summed E-state index contributed by atoms with van der Waals surface area (Å²) in [6.45, 7) is 0.347. The number of nitrogens with one attached hydrogen (secondary N) is 2. The van der Waals surface area contributed by atoms with Crippen LogP contribution in [0.2, 0.25) is 0 Å². The quantitative estimate of drug-likeness (QED) is 0.424. The van der Waals surface area contributed by atoms with Crippen LogP contribution in [-0.4, -0.2) is 59.2 Å². The van der Waals surface area contributed by atoms with Gasteiger partial charge in [0.15, 0.2) is 0 Å². The van der Waals surface area contributed by atoms with E-state index in [9.17, 15) is 32.7 Å². The van der Waals surface area contributed by atoms with Crippen molar-refractivity contribution in [3.05, 3.63) is 59.7 Å². The van der Waals surface area contributed by atoms with Crippen molar-refractivity contribution in [2.75, 3.05) is 13.2 Å². The lowest BCUT2D eigenvalue weighted by Crippen LogP contribution is -2.50. The van der Waals surface area contributed by atoms with Crippen LogP contribution in [0.25, 0.3) is 11.1 Å². The summed E-state index contributed by atoms with van der Waals surface area (Å²) in [6, 6.07) is 12.4. The van der Waals surface area contributed by atoms with Crippen LogP contribution in [0.3, 0.4) is 0 Å². The van der Waals surface area contributed by atoms with Crippen molar-refractivity contribution < 1.29 is 42.5 Å². The molecule has 0 saturated heterocycles. The average molecular weight is 494 g/mol. The maximum atomic E-state index is 13.4. The van der Waals surface area contributed by atoms with E-state index in [4.69, 9.17) is 9.84 Å². The summed E-state index contributed by atoms with van der Waals surface area (Å²) >= 11 is 0. The fourth-order valence-electron chi connectivity index (χ4n) is 3.97. The lowest BCUT2D eigenvalue weighted by molar-refractivity contribution is -0.160. The number of halogens is 3. The molecule has 11 heteroatoms. The smallest absolute Gasteiger partial charge is 0.409 e. The molecule has 2 unspecified atom stereocenters. The lowest BCUT2D eigenvalue weighted by Gasteiger charge is -2.24. The number of benzene rings is 2. The van der Waals surface area contributed by atoms with E-state index < -0.39 is 55.2 Å². The van der Waals surface area contributed by atoms with Crippen LogP contribution < -0.4 is 10.6 Å². The third-order valence-electron chi connectivity index (χ3n) is 5.62. The van der Waals surface area contributed by atoms with Gasteiger partial charge in [0.1, 0.15) is 12.6 Å². The van der Waals surface area contributed by atoms with Gasteiger partial charge >= 0.3 is 18.2 Å². The van der Waals surface area contributed by atoms with Crippen LogP contribution >= 0.6 is 0 Å². The normalized spacial score (nSPS) is 15.3. The van der Waals surface area contributed by atoms with Gasteiger partial charge in [0, 0.05) is 12.5 Å². The largest absolute Gasteiger partial charge is 0.481 e. The van der Waals surface area contributed by atoms with Gasteiger partial charge in [-0.15, -0.1) is 0 Å². The van der Waals surface area contributed by atoms with Gasteiger partial charge in [0.05, 0.1) is 18.4 Å². The molecular weight excluding hydrogens is 469 g/mol. The number of ether oxygens (including phenoxy) is 1. The second kappa shape index (κ2) is 10.3. The van der Waals surface area contributed by atoms with E-state index in [0.717, 1.165) is 29.2 Å². The first-order chi connectivity index (χ1) is 16.4. The number of carboxylic acid groups (broad SMARTS) is 1. The molecule has 2 atom stereocenters. The van der Waals surface area contributed by atoms with E-state index in [2.05, 4.69) is 5.32 Å². The van der Waals surface area contributed by atoms with Crippen molar-refractivity contribution in [1.82, 2.24) is 10.6 Å². The highest BCUT2D eigenvalue weighted by Crippen LogP contribution is 2.44. The predicted molar refractivity (Wildman–Crippen MR) is 119 cm³/mol. The standard InChI is InChI=1S/C24H25F3N2O6/c1-23(34,11-21(31)32)13-28-20(30)10-19(24(25,26)27)29-22(33)35-12-18-16-8-4-2-6-14(16)15-7-3-5-9-17(15)18/h2-9,18-19,34H,10-13H2,1H3,(H,28,30)(H,29,33)(H,31,32). The van der Waals surface area contributed by atoms with Crippen LogP contribution in [0.15, 0.2) is 48.5 Å². The molecule has 3 rings (SSSR count). The molecule has 0 spiro atoms. The SMILES string of the molecule is CC(O)(CNC(=O)CC(NC(=O)OCC1c2ccccc2-c2ccccc21)C(F)(F)F)CC(=O)O. The Labute approximate surface area is 199 Å². The topological polar surface area (TPSA) is 125 Å². The zero-order chi connectivity index (χ0) is 25.8. The summed E-state index contributed by atoms with van der Waals surface area (Å²) in [6.07, 6.45) is -8.17. The number of carbonyl (C=O) groups excluding carboxylic acids is 2. The highest BCUT2D eigenvalue weighted by molar-refractivity contribution is 5.80. The van der Waals surface area contributed by atoms with Crippen molar-refractivity contribution in [3.63, 3.8) is 0 Å². The van der Waals surface area contributed by atoms with Gasteiger partial charge in [-0.3, -0.25) is 9.59 Å². The number of fused-ring (bicyclic) bond motifs is 3. The highest BCUT2D eigenvalue weighted by atomic mass is 19.4. The maximum absolute atomic E-state index is 13.4. The van der Waals surface area contributed by atoms with Gasteiger partial charge in [0.2, 0.25) is 5.91 Å². The Balaban J connectivity index is 1.60. The predicted octanol–water partition coefficient (Wildman–Crippen LogP) is 3.19. The number of aliphatic carboxylic acids is 1. The number of carbonyl (C=O) groups is 3. The molecule has 0 bridgehead atoms. The van der Waals surface area contributed by atoms with Crippen LogP contribution in [0.1, 0.15) is 36.8 Å². The molecule has 8 nitrogen and oxygen atoms in total. The van der Waals surface area contributed by atoms with E-state index in [1.165, 1.54) is 0 Å². The second-order valence-corrected chi connectivity index (χ2v) is 8.61. The summed E-state index contributed by atoms with van der Waals surface area (Å²) < 4.78 is 45.5. The Morgan fingerprint density at radius 2 is 1.57 bits per heavy atom. The second-order valence-electron chi connectivity index (χ2n) is 8.61. The number of carboxylic acids is 1. The summed E-state index contributed by atoms with van der Waals surface area (Å²) in [7, 11) is 0. The molecule has 0 saturated carbocycles. The Morgan fingerprint density at radius 3 is 2.09 bits per heavy atom. The Hall–Kier alpha value is -3.60. The summed E-state index contributed by atoms with van der Waals surface area (Å²) in [4.78, 5) is 34.9. The number of alkyl halides is 3. The van der Waals surface area contributed by atoms with Crippen LogP contribution in [-0.2, 0) is 14.3 Å². The summed E-state index contributed by atoms with van der Waals surface area (Å²) in [5.74, 6) is -2.82. The van der Waals surface area contributed by atoms with E-state index in [0.29, 0.717) is 0 Å². The number of hydrogen-bond donors (Lipinski definition) is 4. The fraction of sp³-hybridized carbons (Fsp3) is 0.375. The molecule has 4 N–H and O–H groups in total. The first-order valence-corrected chi connectivity index (χ1v) is 10.8. The van der Waals surface area contributed by atoms with Crippen molar-refractivity contribution in [1.29, 1.82) is 0 Å². The minimum atomic E-state index is -4.95. The third-order valence-corrected chi connectivity index (χ3v) is 5.62. The first-order valence-electron chi connectivity index (χ1n) is 10.8. The summed E-state index contributed by atoms with van der Waals surface area (Å²) in [5, 5.41) is 22.3. The van der Waals surface area contributed by atoms with Crippen LogP contribution in [0.4, 0.5) is 18.0 Å². The van der Waals surface area contributed by atoms with Gasteiger partial charge in [0.25, 0.3) is 0 Å². The van der Waals surface area contributed by atoms with Crippen LogP contribution in [0, 0.1) is 0 Å². The molecule has 0 aromatic heterocycles. The molecule has 0 radical (unpaired) electrons. The zero-order valence-electron chi connectivity index (χ0n) is 18.8.